The Kier molecular flexibility index (Phi) is 9.70. The van der Waals surface area contributed by atoms with Gasteiger partial charge in [-0.25, -0.2) is 0 Å². The van der Waals surface area contributed by atoms with E-state index in [9.17, 15) is 4.79 Å². The molecule has 2 N–H and O–H groups in total. The second-order valence-electron chi connectivity index (χ2n) is 2.80. The molecule has 0 fully saturated rings. The van der Waals surface area contributed by atoms with Gasteiger partial charge in [-0.05, 0) is 25.0 Å². The maximum Gasteiger partial charge on any atom is 0.221 e. The lowest BCUT2D eigenvalue weighted by molar-refractivity contribution is -0.120. The van der Waals surface area contributed by atoms with Crippen LogP contribution in [0.1, 0.15) is 19.8 Å². The average molecular weight is 204 g/mol. The fourth-order valence-corrected chi connectivity index (χ4v) is 1.34. The van der Waals surface area contributed by atoms with E-state index < -0.39 is 0 Å². The van der Waals surface area contributed by atoms with Gasteiger partial charge in [-0.2, -0.15) is 11.8 Å². The van der Waals surface area contributed by atoms with Crippen LogP contribution >= 0.6 is 11.8 Å². The number of amides is 1. The SMILES string of the molecule is CCNCCC(=O)NCCCSC. The molecule has 4 heteroatoms. The van der Waals surface area contributed by atoms with Gasteiger partial charge in [0.2, 0.25) is 5.91 Å². The third-order valence-corrected chi connectivity index (χ3v) is 2.32. The van der Waals surface area contributed by atoms with Crippen molar-refractivity contribution in [2.75, 3.05) is 31.6 Å². The summed E-state index contributed by atoms with van der Waals surface area (Å²) in [4.78, 5) is 11.1. The second kappa shape index (κ2) is 9.86. The highest BCUT2D eigenvalue weighted by atomic mass is 32.2. The summed E-state index contributed by atoms with van der Waals surface area (Å²) in [6.45, 7) is 4.56. The van der Waals surface area contributed by atoms with E-state index in [0.29, 0.717) is 6.42 Å². The van der Waals surface area contributed by atoms with Gasteiger partial charge in [0.1, 0.15) is 0 Å². The van der Waals surface area contributed by atoms with E-state index in [1.165, 1.54) is 0 Å². The van der Waals surface area contributed by atoms with Crippen LogP contribution in [0, 0.1) is 0 Å². The van der Waals surface area contributed by atoms with Crippen LogP contribution in [0.5, 0.6) is 0 Å². The van der Waals surface area contributed by atoms with Crippen molar-refractivity contribution in [1.29, 1.82) is 0 Å². The maximum atomic E-state index is 11.1. The number of rotatable bonds is 8. The Morgan fingerprint density at radius 2 is 2.15 bits per heavy atom. The summed E-state index contributed by atoms with van der Waals surface area (Å²) in [6, 6.07) is 0. The summed E-state index contributed by atoms with van der Waals surface area (Å²) >= 11 is 1.81. The largest absolute Gasteiger partial charge is 0.356 e. The van der Waals surface area contributed by atoms with Crippen molar-refractivity contribution in [3.63, 3.8) is 0 Å². The van der Waals surface area contributed by atoms with Crippen molar-refractivity contribution in [3.05, 3.63) is 0 Å². The fraction of sp³-hybridized carbons (Fsp3) is 0.889. The quantitative estimate of drug-likeness (QED) is 0.576. The van der Waals surface area contributed by atoms with E-state index in [1.807, 2.05) is 18.7 Å². The van der Waals surface area contributed by atoms with Gasteiger partial charge in [-0.1, -0.05) is 6.92 Å². The summed E-state index contributed by atoms with van der Waals surface area (Å²) < 4.78 is 0. The number of carbonyl (C=O) groups is 1. The number of hydrogen-bond acceptors (Lipinski definition) is 3. The molecule has 0 radical (unpaired) electrons. The minimum atomic E-state index is 0.155. The molecule has 0 aromatic carbocycles. The zero-order valence-corrected chi connectivity index (χ0v) is 9.38. The lowest BCUT2D eigenvalue weighted by Gasteiger charge is -2.04. The molecule has 78 valence electrons. The molecule has 3 nitrogen and oxygen atoms in total. The fourth-order valence-electron chi connectivity index (χ4n) is 0.911. The van der Waals surface area contributed by atoms with Gasteiger partial charge in [-0.15, -0.1) is 0 Å². The first-order valence-corrected chi connectivity index (χ1v) is 6.17. The van der Waals surface area contributed by atoms with E-state index in [-0.39, 0.29) is 5.91 Å². The molecule has 0 aromatic heterocycles. The van der Waals surface area contributed by atoms with E-state index >= 15 is 0 Å². The standard InChI is InChI=1S/C9H20N2OS/c1-3-10-7-5-9(12)11-6-4-8-13-2/h10H,3-8H2,1-2H3,(H,11,12). The summed E-state index contributed by atoms with van der Waals surface area (Å²) in [5.74, 6) is 1.27. The van der Waals surface area contributed by atoms with Crippen LogP contribution in [0.2, 0.25) is 0 Å². The monoisotopic (exact) mass is 204 g/mol. The van der Waals surface area contributed by atoms with Crippen LogP contribution in [-0.4, -0.2) is 37.6 Å². The summed E-state index contributed by atoms with van der Waals surface area (Å²) in [5.41, 5.74) is 0. The Hall–Kier alpha value is -0.220. The van der Waals surface area contributed by atoms with Gasteiger partial charge >= 0.3 is 0 Å². The first-order valence-electron chi connectivity index (χ1n) is 4.77. The molecule has 13 heavy (non-hydrogen) atoms. The lowest BCUT2D eigenvalue weighted by Crippen LogP contribution is -2.28. The third kappa shape index (κ3) is 9.70. The Bertz CT molecular complexity index is 131. The van der Waals surface area contributed by atoms with E-state index in [0.717, 1.165) is 31.8 Å². The molecule has 1 amide bonds. The van der Waals surface area contributed by atoms with Gasteiger partial charge in [-0.3, -0.25) is 4.79 Å². The number of carbonyl (C=O) groups excluding carboxylic acids is 1. The Balaban J connectivity index is 3.11. The highest BCUT2D eigenvalue weighted by Gasteiger charge is 1.98. The van der Waals surface area contributed by atoms with E-state index in [2.05, 4.69) is 16.9 Å². The van der Waals surface area contributed by atoms with Crippen molar-refractivity contribution in [2.45, 2.75) is 19.8 Å². The van der Waals surface area contributed by atoms with Crippen molar-refractivity contribution in [2.24, 2.45) is 0 Å². The summed E-state index contributed by atoms with van der Waals surface area (Å²) in [6.07, 6.45) is 3.73. The topological polar surface area (TPSA) is 41.1 Å². The third-order valence-electron chi connectivity index (χ3n) is 1.63. The molecule has 0 saturated heterocycles. The Morgan fingerprint density at radius 3 is 2.77 bits per heavy atom. The molecule has 0 heterocycles. The zero-order chi connectivity index (χ0) is 9.94. The van der Waals surface area contributed by atoms with Crippen molar-refractivity contribution >= 4 is 17.7 Å². The van der Waals surface area contributed by atoms with E-state index in [1.54, 1.807) is 0 Å². The minimum Gasteiger partial charge on any atom is -0.356 e. The zero-order valence-electron chi connectivity index (χ0n) is 8.56. The Labute approximate surface area is 85.0 Å². The molecule has 0 rings (SSSR count). The number of thioether (sulfide) groups is 1. The average Bonchev–Trinajstić information content (AvgIpc) is 2.13. The molecule has 0 atom stereocenters. The highest BCUT2D eigenvalue weighted by molar-refractivity contribution is 7.98. The van der Waals surface area contributed by atoms with Crippen molar-refractivity contribution in [1.82, 2.24) is 10.6 Å². The molecule has 0 unspecified atom stereocenters. The van der Waals surface area contributed by atoms with Crippen LogP contribution in [-0.2, 0) is 4.79 Å². The summed E-state index contributed by atoms with van der Waals surface area (Å²) in [5, 5.41) is 6.00. The maximum absolute atomic E-state index is 11.1. The van der Waals surface area contributed by atoms with E-state index in [4.69, 9.17) is 0 Å². The van der Waals surface area contributed by atoms with Gasteiger partial charge in [0.25, 0.3) is 0 Å². The molecule has 0 aliphatic carbocycles. The van der Waals surface area contributed by atoms with Gasteiger partial charge < -0.3 is 10.6 Å². The second-order valence-corrected chi connectivity index (χ2v) is 3.79. The summed E-state index contributed by atoms with van der Waals surface area (Å²) in [7, 11) is 0. The molecule has 0 saturated carbocycles. The predicted molar refractivity (Wildman–Crippen MR) is 59.2 cm³/mol. The van der Waals surface area contributed by atoms with Crippen LogP contribution in [0.3, 0.4) is 0 Å². The van der Waals surface area contributed by atoms with Crippen molar-refractivity contribution < 1.29 is 4.79 Å². The molecule has 0 aliphatic rings. The Morgan fingerprint density at radius 1 is 1.38 bits per heavy atom. The predicted octanol–water partition coefficient (Wildman–Crippen LogP) is 0.855. The number of hydrogen-bond donors (Lipinski definition) is 2. The van der Waals surface area contributed by atoms with Crippen molar-refractivity contribution in [3.8, 4) is 0 Å². The number of nitrogens with one attached hydrogen (secondary N) is 2. The molecular weight excluding hydrogens is 184 g/mol. The van der Waals surface area contributed by atoms with Gasteiger partial charge in [0.05, 0.1) is 0 Å². The molecule has 0 aromatic rings. The molecule has 0 bridgehead atoms. The van der Waals surface area contributed by atoms with Gasteiger partial charge in [0, 0.05) is 19.5 Å². The molecule has 0 spiro atoms. The van der Waals surface area contributed by atoms with Gasteiger partial charge in [0.15, 0.2) is 0 Å². The smallest absolute Gasteiger partial charge is 0.221 e. The normalized spacial score (nSPS) is 10.0. The van der Waals surface area contributed by atoms with Crippen LogP contribution in [0.25, 0.3) is 0 Å². The molecular formula is C9H20N2OS. The van der Waals surface area contributed by atoms with Crippen LogP contribution < -0.4 is 10.6 Å². The lowest BCUT2D eigenvalue weighted by atomic mass is 10.4. The molecule has 0 aliphatic heterocycles. The minimum absolute atomic E-state index is 0.155. The van der Waals surface area contributed by atoms with Crippen LogP contribution in [0.4, 0.5) is 0 Å². The first kappa shape index (κ1) is 12.8. The van der Waals surface area contributed by atoms with Crippen LogP contribution in [0.15, 0.2) is 0 Å². The highest BCUT2D eigenvalue weighted by Crippen LogP contribution is 1.93. The first-order chi connectivity index (χ1) is 6.31.